The molecule has 1 atom stereocenters. The monoisotopic (exact) mass is 276 g/mol. The van der Waals surface area contributed by atoms with Crippen LogP contribution in [0.2, 0.25) is 0 Å². The van der Waals surface area contributed by atoms with Crippen LogP contribution in [-0.4, -0.2) is 17.6 Å². The van der Waals surface area contributed by atoms with Crippen molar-refractivity contribution >= 4 is 5.91 Å². The van der Waals surface area contributed by atoms with Crippen LogP contribution < -0.4 is 5.32 Å². The van der Waals surface area contributed by atoms with E-state index in [-0.39, 0.29) is 31.6 Å². The van der Waals surface area contributed by atoms with Gasteiger partial charge in [-0.05, 0) is 39.0 Å². The smallest absolute Gasteiger partial charge is 0.338 e. The van der Waals surface area contributed by atoms with Crippen LogP contribution in [0.3, 0.4) is 0 Å². The summed E-state index contributed by atoms with van der Waals surface area (Å²) >= 11 is 0. The van der Waals surface area contributed by atoms with Crippen LogP contribution >= 0.6 is 0 Å². The van der Waals surface area contributed by atoms with Crippen molar-refractivity contribution in [2.24, 2.45) is 11.8 Å². The fraction of sp³-hybridized carbons (Fsp3) is 0.846. The molecule has 1 N–H and O–H groups in total. The largest absolute Gasteiger partial charge is 0.391 e. The molecule has 1 unspecified atom stereocenters. The van der Waals surface area contributed by atoms with E-state index < -0.39 is 23.6 Å². The van der Waals surface area contributed by atoms with E-state index in [1.54, 1.807) is 13.8 Å². The van der Waals surface area contributed by atoms with E-state index in [2.05, 4.69) is 5.32 Å². The minimum absolute atomic E-state index is 0.00300. The van der Waals surface area contributed by atoms with E-state index in [4.69, 9.17) is 5.26 Å². The number of carbonyl (C=O) groups is 1. The number of rotatable bonds is 3. The highest BCUT2D eigenvalue weighted by Gasteiger charge is 2.42. The van der Waals surface area contributed by atoms with Crippen LogP contribution in [0, 0.1) is 23.2 Å². The van der Waals surface area contributed by atoms with Crippen molar-refractivity contribution in [3.05, 3.63) is 0 Å². The van der Waals surface area contributed by atoms with Gasteiger partial charge in [0.1, 0.15) is 5.54 Å². The molecule has 0 aromatic rings. The van der Waals surface area contributed by atoms with Crippen molar-refractivity contribution in [2.45, 2.75) is 57.7 Å². The van der Waals surface area contributed by atoms with E-state index in [0.29, 0.717) is 6.42 Å². The van der Waals surface area contributed by atoms with Crippen LogP contribution in [0.1, 0.15) is 46.0 Å². The van der Waals surface area contributed by atoms with Gasteiger partial charge in [0.2, 0.25) is 5.91 Å². The molecule has 1 aliphatic carbocycles. The van der Waals surface area contributed by atoms with Crippen molar-refractivity contribution in [3.8, 4) is 6.07 Å². The third kappa shape index (κ3) is 4.12. The Morgan fingerprint density at radius 2 is 1.84 bits per heavy atom. The van der Waals surface area contributed by atoms with Gasteiger partial charge in [0, 0.05) is 5.92 Å². The van der Waals surface area contributed by atoms with Gasteiger partial charge in [0.15, 0.2) is 0 Å². The first-order valence-electron chi connectivity index (χ1n) is 6.52. The fourth-order valence-electron chi connectivity index (χ4n) is 2.25. The predicted octanol–water partition coefficient (Wildman–Crippen LogP) is 3.16. The van der Waals surface area contributed by atoms with Crippen LogP contribution in [0.4, 0.5) is 13.2 Å². The number of carbonyl (C=O) groups excluding carboxylic acids is 1. The Balaban J connectivity index is 2.53. The van der Waals surface area contributed by atoms with Gasteiger partial charge >= 0.3 is 6.18 Å². The first-order chi connectivity index (χ1) is 8.72. The molecule has 0 aliphatic heterocycles. The summed E-state index contributed by atoms with van der Waals surface area (Å²) in [6.07, 6.45) is -3.23. The van der Waals surface area contributed by atoms with Gasteiger partial charge in [-0.2, -0.15) is 18.4 Å². The van der Waals surface area contributed by atoms with Crippen molar-refractivity contribution in [2.75, 3.05) is 0 Å². The number of nitrogens with zero attached hydrogens (tertiary/aromatic N) is 1. The van der Waals surface area contributed by atoms with Crippen molar-refractivity contribution in [1.82, 2.24) is 5.32 Å². The van der Waals surface area contributed by atoms with E-state index in [0.717, 1.165) is 0 Å². The molecule has 1 aliphatic rings. The van der Waals surface area contributed by atoms with E-state index in [1.807, 2.05) is 6.07 Å². The molecular weight excluding hydrogens is 257 g/mol. The molecule has 0 bridgehead atoms. The van der Waals surface area contributed by atoms with Gasteiger partial charge < -0.3 is 5.32 Å². The lowest BCUT2D eigenvalue weighted by Gasteiger charge is -2.31. The summed E-state index contributed by atoms with van der Waals surface area (Å²) in [4.78, 5) is 11.9. The maximum atomic E-state index is 12.5. The predicted molar refractivity (Wildman–Crippen MR) is 64.0 cm³/mol. The minimum Gasteiger partial charge on any atom is -0.338 e. The number of hydrogen-bond acceptors (Lipinski definition) is 2. The molecule has 1 amide bonds. The highest BCUT2D eigenvalue weighted by molar-refractivity contribution is 5.79. The average Bonchev–Trinajstić information content (AvgIpc) is 2.37. The molecule has 19 heavy (non-hydrogen) atoms. The molecule has 1 fully saturated rings. The number of amides is 1. The lowest BCUT2D eigenvalue weighted by molar-refractivity contribution is -0.184. The molecule has 1 saturated carbocycles. The zero-order valence-corrected chi connectivity index (χ0v) is 11.2. The maximum Gasteiger partial charge on any atom is 0.391 e. The third-order valence-electron chi connectivity index (χ3n) is 3.91. The van der Waals surface area contributed by atoms with Gasteiger partial charge in [-0.1, -0.05) is 6.92 Å². The topological polar surface area (TPSA) is 52.9 Å². The fourth-order valence-corrected chi connectivity index (χ4v) is 2.25. The van der Waals surface area contributed by atoms with Crippen molar-refractivity contribution in [3.63, 3.8) is 0 Å². The normalized spacial score (nSPS) is 27.2. The second-order valence-corrected chi connectivity index (χ2v) is 5.38. The Kier molecular flexibility index (Phi) is 4.83. The van der Waals surface area contributed by atoms with Crippen LogP contribution in [0.5, 0.6) is 0 Å². The number of halogens is 3. The highest BCUT2D eigenvalue weighted by atomic mass is 19.4. The zero-order valence-electron chi connectivity index (χ0n) is 11.2. The second kappa shape index (κ2) is 5.81. The summed E-state index contributed by atoms with van der Waals surface area (Å²) in [6.45, 7) is 3.40. The molecule has 0 aromatic heterocycles. The Hall–Kier alpha value is -1.25. The van der Waals surface area contributed by atoms with E-state index >= 15 is 0 Å². The van der Waals surface area contributed by atoms with E-state index in [1.165, 1.54) is 0 Å². The Morgan fingerprint density at radius 3 is 2.21 bits per heavy atom. The lowest BCUT2D eigenvalue weighted by Crippen LogP contribution is -2.47. The molecule has 6 heteroatoms. The molecule has 0 heterocycles. The number of nitriles is 1. The number of nitrogens with one attached hydrogen (secondary N) is 1. The maximum absolute atomic E-state index is 12.5. The molecule has 0 radical (unpaired) electrons. The Labute approximate surface area is 111 Å². The lowest BCUT2D eigenvalue weighted by atomic mass is 9.81. The molecule has 1 rings (SSSR count). The average molecular weight is 276 g/mol. The quantitative estimate of drug-likeness (QED) is 0.860. The summed E-state index contributed by atoms with van der Waals surface area (Å²) in [5, 5.41) is 11.6. The first-order valence-corrected chi connectivity index (χ1v) is 6.52. The third-order valence-corrected chi connectivity index (χ3v) is 3.91. The summed E-state index contributed by atoms with van der Waals surface area (Å²) in [7, 11) is 0. The molecule has 108 valence electrons. The summed E-state index contributed by atoms with van der Waals surface area (Å²) in [5.41, 5.74) is -0.933. The first kappa shape index (κ1) is 15.8. The van der Waals surface area contributed by atoms with Gasteiger partial charge in [-0.15, -0.1) is 0 Å². The van der Waals surface area contributed by atoms with Crippen LogP contribution in [0.25, 0.3) is 0 Å². The number of hydrogen-bond donors (Lipinski definition) is 1. The standard InChI is InChI=1S/C13H19F3N2O/c1-3-12(2,8-17)18-11(19)9-4-6-10(7-5-9)13(14,15)16/h9-10H,3-7H2,1-2H3,(H,18,19). The molecule has 3 nitrogen and oxygen atoms in total. The van der Waals surface area contributed by atoms with Gasteiger partial charge in [-0.25, -0.2) is 0 Å². The molecule has 0 spiro atoms. The zero-order chi connectivity index (χ0) is 14.7. The van der Waals surface area contributed by atoms with E-state index in [9.17, 15) is 18.0 Å². The molecule has 0 aromatic carbocycles. The Bertz CT molecular complexity index is 367. The van der Waals surface area contributed by atoms with Crippen LogP contribution in [-0.2, 0) is 4.79 Å². The van der Waals surface area contributed by atoms with Gasteiger partial charge in [0.25, 0.3) is 0 Å². The minimum atomic E-state index is -4.16. The van der Waals surface area contributed by atoms with Gasteiger partial charge in [-0.3, -0.25) is 4.79 Å². The molecular formula is C13H19F3N2O. The summed E-state index contributed by atoms with van der Waals surface area (Å²) in [5.74, 6) is -1.99. The summed E-state index contributed by atoms with van der Waals surface area (Å²) in [6, 6.07) is 2.02. The summed E-state index contributed by atoms with van der Waals surface area (Å²) < 4.78 is 37.5. The van der Waals surface area contributed by atoms with Gasteiger partial charge in [0.05, 0.1) is 12.0 Å². The highest BCUT2D eigenvalue weighted by Crippen LogP contribution is 2.39. The Morgan fingerprint density at radius 1 is 1.32 bits per heavy atom. The van der Waals surface area contributed by atoms with Crippen molar-refractivity contribution < 1.29 is 18.0 Å². The van der Waals surface area contributed by atoms with Crippen molar-refractivity contribution in [1.29, 1.82) is 5.26 Å². The van der Waals surface area contributed by atoms with Crippen LogP contribution in [0.15, 0.2) is 0 Å². The molecule has 0 saturated heterocycles. The SMILES string of the molecule is CCC(C)(C#N)NC(=O)C1CCC(C(F)(F)F)CC1. The second-order valence-electron chi connectivity index (χ2n) is 5.38. The number of alkyl halides is 3.